The fraction of sp³-hybridized carbons (Fsp3) is 0.400. The minimum Gasteiger partial charge on any atom is -0.508 e. The minimum atomic E-state index is -3.84. The first-order valence-electron chi connectivity index (χ1n) is 8.58. The molecular formula is C20H24O5S. The zero-order valence-electron chi connectivity index (χ0n) is 15.5. The van der Waals surface area contributed by atoms with Gasteiger partial charge in [0.25, 0.3) is 10.1 Å². The molecule has 0 saturated carbocycles. The normalized spacial score (nSPS) is 19.7. The fourth-order valence-electron chi connectivity index (χ4n) is 3.04. The molecule has 1 N–H and O–H groups in total. The Balaban J connectivity index is 1.79. The number of ether oxygens (including phenoxy) is 1. The molecule has 2 aromatic carbocycles. The van der Waals surface area contributed by atoms with Gasteiger partial charge in [-0.1, -0.05) is 17.7 Å². The predicted molar refractivity (Wildman–Crippen MR) is 99.3 cm³/mol. The van der Waals surface area contributed by atoms with Crippen molar-refractivity contribution in [3.05, 3.63) is 52.6 Å². The number of hydrogen-bond acceptors (Lipinski definition) is 5. The third kappa shape index (κ3) is 3.57. The van der Waals surface area contributed by atoms with E-state index in [-0.39, 0.29) is 17.3 Å². The third-order valence-electron chi connectivity index (χ3n) is 4.99. The molecule has 0 spiro atoms. The average Bonchev–Trinajstić information content (AvgIpc) is 2.60. The Morgan fingerprint density at radius 2 is 1.81 bits per heavy atom. The first kappa shape index (κ1) is 18.7. The van der Waals surface area contributed by atoms with Gasteiger partial charge in [0.2, 0.25) is 0 Å². The molecule has 1 aliphatic heterocycles. The molecule has 0 saturated heterocycles. The van der Waals surface area contributed by atoms with Crippen molar-refractivity contribution in [2.24, 2.45) is 0 Å². The summed E-state index contributed by atoms with van der Waals surface area (Å²) in [4.78, 5) is 0.139. The van der Waals surface area contributed by atoms with Gasteiger partial charge in [0.15, 0.2) is 0 Å². The third-order valence-corrected chi connectivity index (χ3v) is 6.27. The molecule has 0 fully saturated rings. The summed E-state index contributed by atoms with van der Waals surface area (Å²) in [5.74, 6) is 0.969. The average molecular weight is 376 g/mol. The van der Waals surface area contributed by atoms with E-state index < -0.39 is 15.7 Å². The van der Waals surface area contributed by atoms with E-state index in [1.807, 2.05) is 27.7 Å². The molecule has 1 atom stereocenters. The number of benzene rings is 2. The van der Waals surface area contributed by atoms with Crippen molar-refractivity contribution in [2.75, 3.05) is 6.61 Å². The number of hydrogen-bond donors (Lipinski definition) is 1. The van der Waals surface area contributed by atoms with Crippen molar-refractivity contribution in [3.63, 3.8) is 0 Å². The quantitative estimate of drug-likeness (QED) is 0.822. The predicted octanol–water partition coefficient (Wildman–Crippen LogP) is 3.81. The van der Waals surface area contributed by atoms with Gasteiger partial charge in [0.05, 0.1) is 4.90 Å². The number of rotatable bonds is 4. The van der Waals surface area contributed by atoms with Crippen molar-refractivity contribution in [2.45, 2.75) is 51.0 Å². The molecule has 0 aromatic heterocycles. The van der Waals surface area contributed by atoms with Gasteiger partial charge >= 0.3 is 0 Å². The Hall–Kier alpha value is -2.05. The number of phenols is 1. The minimum absolute atomic E-state index is 0.0674. The van der Waals surface area contributed by atoms with Crippen LogP contribution in [0.3, 0.4) is 0 Å². The maximum absolute atomic E-state index is 12.4. The summed E-state index contributed by atoms with van der Waals surface area (Å²) in [6, 6.07) is 8.29. The van der Waals surface area contributed by atoms with Gasteiger partial charge in [-0.05, 0) is 75.4 Å². The highest BCUT2D eigenvalue weighted by molar-refractivity contribution is 7.86. The fourth-order valence-corrected chi connectivity index (χ4v) is 4.05. The molecule has 140 valence electrons. The van der Waals surface area contributed by atoms with Crippen LogP contribution in [0.15, 0.2) is 35.2 Å². The van der Waals surface area contributed by atoms with Gasteiger partial charge in [0, 0.05) is 0 Å². The van der Waals surface area contributed by atoms with Crippen LogP contribution >= 0.6 is 0 Å². The van der Waals surface area contributed by atoms with Gasteiger partial charge in [-0.25, -0.2) is 0 Å². The molecule has 0 radical (unpaired) electrons. The van der Waals surface area contributed by atoms with E-state index >= 15 is 0 Å². The molecule has 6 heteroatoms. The highest BCUT2D eigenvalue weighted by Crippen LogP contribution is 2.40. The largest absolute Gasteiger partial charge is 0.508 e. The first-order chi connectivity index (χ1) is 12.1. The van der Waals surface area contributed by atoms with Gasteiger partial charge in [-0.2, -0.15) is 8.42 Å². The van der Waals surface area contributed by atoms with Crippen LogP contribution in [-0.2, 0) is 20.7 Å². The van der Waals surface area contributed by atoms with E-state index in [1.165, 1.54) is 0 Å². The van der Waals surface area contributed by atoms with Crippen LogP contribution in [0.2, 0.25) is 0 Å². The highest BCUT2D eigenvalue weighted by atomic mass is 32.2. The summed E-state index contributed by atoms with van der Waals surface area (Å²) < 4.78 is 36.3. The van der Waals surface area contributed by atoms with E-state index in [0.717, 1.165) is 22.3 Å². The van der Waals surface area contributed by atoms with Crippen molar-refractivity contribution < 1.29 is 22.4 Å². The van der Waals surface area contributed by atoms with Gasteiger partial charge < -0.3 is 9.84 Å². The SMILES string of the molecule is Cc1ccc(S(=O)(=O)OC[C@]2(C)CCc3cc(O)c(C)c(C)c3O2)cc1. The lowest BCUT2D eigenvalue weighted by Gasteiger charge is -2.36. The van der Waals surface area contributed by atoms with Crippen LogP contribution in [-0.4, -0.2) is 25.7 Å². The topological polar surface area (TPSA) is 72.8 Å². The molecular weight excluding hydrogens is 352 g/mol. The van der Waals surface area contributed by atoms with Crippen LogP contribution in [0.4, 0.5) is 0 Å². The highest BCUT2D eigenvalue weighted by Gasteiger charge is 2.35. The van der Waals surface area contributed by atoms with Gasteiger partial charge in [-0.15, -0.1) is 0 Å². The van der Waals surface area contributed by atoms with Crippen molar-refractivity contribution in [1.82, 2.24) is 0 Å². The second-order valence-electron chi connectivity index (χ2n) is 7.22. The van der Waals surface area contributed by atoms with Crippen LogP contribution in [0.5, 0.6) is 11.5 Å². The zero-order chi connectivity index (χ0) is 19.1. The van der Waals surface area contributed by atoms with Crippen LogP contribution in [0, 0.1) is 20.8 Å². The van der Waals surface area contributed by atoms with E-state index in [9.17, 15) is 13.5 Å². The Labute approximate surface area is 154 Å². The second-order valence-corrected chi connectivity index (χ2v) is 8.83. The Bertz CT molecular complexity index is 932. The number of fused-ring (bicyclic) bond motifs is 1. The lowest BCUT2D eigenvalue weighted by Crippen LogP contribution is -2.42. The monoisotopic (exact) mass is 376 g/mol. The second kappa shape index (κ2) is 6.59. The smallest absolute Gasteiger partial charge is 0.297 e. The zero-order valence-corrected chi connectivity index (χ0v) is 16.3. The summed E-state index contributed by atoms with van der Waals surface area (Å²) in [7, 11) is -3.84. The van der Waals surface area contributed by atoms with E-state index in [0.29, 0.717) is 18.6 Å². The van der Waals surface area contributed by atoms with E-state index in [4.69, 9.17) is 8.92 Å². The molecule has 26 heavy (non-hydrogen) atoms. The summed E-state index contributed by atoms with van der Waals surface area (Å²) in [5, 5.41) is 9.98. The summed E-state index contributed by atoms with van der Waals surface area (Å²) in [5.41, 5.74) is 2.80. The Morgan fingerprint density at radius 1 is 1.15 bits per heavy atom. The number of aryl methyl sites for hydroxylation is 2. The lowest BCUT2D eigenvalue weighted by molar-refractivity contribution is 0.0189. The molecule has 5 nitrogen and oxygen atoms in total. The van der Waals surface area contributed by atoms with E-state index in [1.54, 1.807) is 30.3 Å². The van der Waals surface area contributed by atoms with Crippen LogP contribution < -0.4 is 4.74 Å². The molecule has 0 unspecified atom stereocenters. The van der Waals surface area contributed by atoms with Gasteiger partial charge in [-0.3, -0.25) is 4.18 Å². The molecule has 1 heterocycles. The van der Waals surface area contributed by atoms with Crippen LogP contribution in [0.1, 0.15) is 35.6 Å². The maximum atomic E-state index is 12.4. The molecule has 0 amide bonds. The van der Waals surface area contributed by atoms with Crippen molar-refractivity contribution >= 4 is 10.1 Å². The molecule has 2 aromatic rings. The van der Waals surface area contributed by atoms with Gasteiger partial charge in [0.1, 0.15) is 23.7 Å². The number of phenolic OH excluding ortho intramolecular Hbond substituents is 1. The first-order valence-corrected chi connectivity index (χ1v) is 9.99. The lowest BCUT2D eigenvalue weighted by atomic mass is 9.90. The van der Waals surface area contributed by atoms with Crippen molar-refractivity contribution in [1.29, 1.82) is 0 Å². The summed E-state index contributed by atoms with van der Waals surface area (Å²) >= 11 is 0. The number of aromatic hydroxyl groups is 1. The van der Waals surface area contributed by atoms with Crippen molar-refractivity contribution in [3.8, 4) is 11.5 Å². The molecule has 0 aliphatic carbocycles. The Kier molecular flexibility index (Phi) is 4.75. The maximum Gasteiger partial charge on any atom is 0.297 e. The summed E-state index contributed by atoms with van der Waals surface area (Å²) in [6.07, 6.45) is 1.29. The summed E-state index contributed by atoms with van der Waals surface area (Å²) in [6.45, 7) is 7.40. The molecule has 0 bridgehead atoms. The van der Waals surface area contributed by atoms with E-state index in [2.05, 4.69) is 0 Å². The van der Waals surface area contributed by atoms with Crippen LogP contribution in [0.25, 0.3) is 0 Å². The molecule has 1 aliphatic rings. The standard InChI is InChI=1S/C20H24O5S/c1-13-5-7-17(8-6-13)26(22,23)24-12-20(4)10-9-16-11-18(21)14(2)15(3)19(16)25-20/h5-8,11,21H,9-10,12H2,1-4H3/t20-/m0/s1. The molecule has 3 rings (SSSR count). The Morgan fingerprint density at radius 3 is 2.46 bits per heavy atom.